The van der Waals surface area contributed by atoms with Crippen LogP contribution in [-0.2, 0) is 12.8 Å². The number of hydrogen-bond donors (Lipinski definition) is 1. The summed E-state index contributed by atoms with van der Waals surface area (Å²) in [4.78, 5) is 0. The second kappa shape index (κ2) is 6.75. The van der Waals surface area contributed by atoms with E-state index in [1.807, 2.05) is 12.1 Å². The molecule has 2 aromatic rings. The van der Waals surface area contributed by atoms with Crippen LogP contribution in [-0.4, -0.2) is 12.6 Å². The summed E-state index contributed by atoms with van der Waals surface area (Å²) in [6, 6.07) is 11.2. The average molecular weight is 306 g/mol. The van der Waals surface area contributed by atoms with Gasteiger partial charge >= 0.3 is 0 Å². The molecule has 1 fully saturated rings. The highest BCUT2D eigenvalue weighted by Crippen LogP contribution is 2.24. The third-order valence-electron chi connectivity index (χ3n) is 3.84. The molecule has 1 unspecified atom stereocenters. The van der Waals surface area contributed by atoms with E-state index in [1.54, 1.807) is 11.3 Å². The zero-order valence-corrected chi connectivity index (χ0v) is 13.1. The highest BCUT2D eigenvalue weighted by Gasteiger charge is 2.22. The van der Waals surface area contributed by atoms with Gasteiger partial charge in [0, 0.05) is 11.1 Å². The fourth-order valence-corrected chi connectivity index (χ4v) is 3.45. The van der Waals surface area contributed by atoms with Crippen LogP contribution in [0.1, 0.15) is 24.0 Å². The number of benzene rings is 1. The predicted molar refractivity (Wildman–Crippen MR) is 87.7 cm³/mol. The molecule has 0 saturated heterocycles. The zero-order chi connectivity index (χ0) is 13.8. The van der Waals surface area contributed by atoms with Gasteiger partial charge in [-0.05, 0) is 72.2 Å². The van der Waals surface area contributed by atoms with Crippen molar-refractivity contribution in [3.8, 4) is 0 Å². The quantitative estimate of drug-likeness (QED) is 0.791. The van der Waals surface area contributed by atoms with Gasteiger partial charge in [0.1, 0.15) is 0 Å². The largest absolute Gasteiger partial charge is 0.314 e. The van der Waals surface area contributed by atoms with Gasteiger partial charge in [-0.3, -0.25) is 0 Å². The van der Waals surface area contributed by atoms with Crippen LogP contribution >= 0.6 is 22.9 Å². The molecule has 3 heteroatoms. The molecule has 20 heavy (non-hydrogen) atoms. The third-order valence-corrected chi connectivity index (χ3v) is 4.94. The molecule has 0 amide bonds. The van der Waals surface area contributed by atoms with E-state index < -0.39 is 0 Å². The lowest BCUT2D eigenvalue weighted by Crippen LogP contribution is -2.27. The second-order valence-corrected chi connectivity index (χ2v) is 6.87. The van der Waals surface area contributed by atoms with Gasteiger partial charge in [0.25, 0.3) is 0 Å². The lowest BCUT2D eigenvalue weighted by molar-refractivity contribution is 0.469. The summed E-state index contributed by atoms with van der Waals surface area (Å²) >= 11 is 8.09. The van der Waals surface area contributed by atoms with Crippen molar-refractivity contribution in [2.24, 2.45) is 5.92 Å². The summed E-state index contributed by atoms with van der Waals surface area (Å²) in [5.41, 5.74) is 2.72. The van der Waals surface area contributed by atoms with Gasteiger partial charge in [0.15, 0.2) is 0 Å². The first-order valence-electron chi connectivity index (χ1n) is 7.29. The van der Waals surface area contributed by atoms with Crippen LogP contribution in [0, 0.1) is 5.92 Å². The maximum Gasteiger partial charge on any atom is 0.0438 e. The van der Waals surface area contributed by atoms with Crippen LogP contribution < -0.4 is 5.32 Å². The molecule has 0 aliphatic heterocycles. The van der Waals surface area contributed by atoms with Crippen LogP contribution in [0.25, 0.3) is 0 Å². The van der Waals surface area contributed by atoms with E-state index in [1.165, 1.54) is 24.0 Å². The van der Waals surface area contributed by atoms with Gasteiger partial charge in [0.05, 0.1) is 0 Å². The van der Waals surface area contributed by atoms with E-state index >= 15 is 0 Å². The van der Waals surface area contributed by atoms with Crippen molar-refractivity contribution in [2.45, 2.75) is 31.7 Å². The fraction of sp³-hybridized carbons (Fsp3) is 0.412. The van der Waals surface area contributed by atoms with Crippen molar-refractivity contribution in [1.82, 2.24) is 5.32 Å². The molecule has 1 N–H and O–H groups in total. The van der Waals surface area contributed by atoms with E-state index in [0.717, 1.165) is 30.5 Å². The third kappa shape index (κ3) is 4.08. The molecule has 3 rings (SSSR count). The van der Waals surface area contributed by atoms with Gasteiger partial charge < -0.3 is 5.32 Å². The van der Waals surface area contributed by atoms with Gasteiger partial charge in [-0.2, -0.15) is 11.3 Å². The Kier molecular flexibility index (Phi) is 4.77. The molecule has 1 aromatic heterocycles. The van der Waals surface area contributed by atoms with E-state index in [2.05, 4.69) is 34.3 Å². The molecule has 1 nitrogen and oxygen atoms in total. The number of thiophene rings is 1. The standard InChI is InChI=1S/C17H20ClNS/c18-17-4-2-1-3-15(17)10-14(11-19-16-5-6-16)9-13-7-8-20-12-13/h1-4,7-8,12,14,16,19H,5-6,9-11H2. The zero-order valence-electron chi connectivity index (χ0n) is 11.5. The molecule has 0 radical (unpaired) electrons. The maximum atomic E-state index is 6.31. The Bertz CT molecular complexity index is 534. The van der Waals surface area contributed by atoms with E-state index in [0.29, 0.717) is 5.92 Å². The fourth-order valence-electron chi connectivity index (χ4n) is 2.55. The van der Waals surface area contributed by atoms with Gasteiger partial charge in [-0.1, -0.05) is 29.8 Å². The first-order valence-corrected chi connectivity index (χ1v) is 8.61. The molecule has 1 atom stereocenters. The number of rotatable bonds is 7. The summed E-state index contributed by atoms with van der Waals surface area (Å²) in [6.07, 6.45) is 4.87. The number of hydrogen-bond acceptors (Lipinski definition) is 2. The maximum absolute atomic E-state index is 6.31. The number of halogens is 1. The highest BCUT2D eigenvalue weighted by molar-refractivity contribution is 7.07. The van der Waals surface area contributed by atoms with Crippen molar-refractivity contribution >= 4 is 22.9 Å². The van der Waals surface area contributed by atoms with Crippen molar-refractivity contribution in [1.29, 1.82) is 0 Å². The summed E-state index contributed by atoms with van der Waals surface area (Å²) < 4.78 is 0. The Morgan fingerprint density at radius 2 is 2.05 bits per heavy atom. The molecule has 0 spiro atoms. The first-order chi connectivity index (χ1) is 9.81. The normalized spacial score (nSPS) is 16.2. The lowest BCUT2D eigenvalue weighted by atomic mass is 9.93. The van der Waals surface area contributed by atoms with Gasteiger partial charge in [-0.25, -0.2) is 0 Å². The van der Waals surface area contributed by atoms with Crippen molar-refractivity contribution in [2.75, 3.05) is 6.54 Å². The minimum absolute atomic E-state index is 0.616. The molecule has 1 aliphatic rings. The molecule has 1 aromatic carbocycles. The minimum Gasteiger partial charge on any atom is -0.314 e. The summed E-state index contributed by atoms with van der Waals surface area (Å²) in [6.45, 7) is 1.09. The Balaban J connectivity index is 1.65. The summed E-state index contributed by atoms with van der Waals surface area (Å²) in [5, 5.41) is 8.99. The summed E-state index contributed by atoms with van der Waals surface area (Å²) in [5.74, 6) is 0.616. The Morgan fingerprint density at radius 3 is 2.75 bits per heavy atom. The van der Waals surface area contributed by atoms with Crippen molar-refractivity contribution < 1.29 is 0 Å². The molecule has 106 valence electrons. The highest BCUT2D eigenvalue weighted by atomic mass is 35.5. The van der Waals surface area contributed by atoms with Gasteiger partial charge in [0.2, 0.25) is 0 Å². The molecule has 1 saturated carbocycles. The predicted octanol–water partition coefficient (Wildman–Crippen LogP) is 4.55. The lowest BCUT2D eigenvalue weighted by Gasteiger charge is -2.18. The van der Waals surface area contributed by atoms with Gasteiger partial charge in [-0.15, -0.1) is 0 Å². The SMILES string of the molecule is Clc1ccccc1CC(CNC1CC1)Cc1ccsc1. The Morgan fingerprint density at radius 1 is 1.20 bits per heavy atom. The van der Waals surface area contributed by atoms with Crippen LogP contribution in [0.4, 0.5) is 0 Å². The topological polar surface area (TPSA) is 12.0 Å². The Hall–Kier alpha value is -0.830. The van der Waals surface area contributed by atoms with E-state index in [-0.39, 0.29) is 0 Å². The molecule has 1 heterocycles. The molecule has 0 bridgehead atoms. The van der Waals surface area contributed by atoms with Crippen LogP contribution in [0.3, 0.4) is 0 Å². The summed E-state index contributed by atoms with van der Waals surface area (Å²) in [7, 11) is 0. The molecular formula is C17H20ClNS. The van der Waals surface area contributed by atoms with Crippen molar-refractivity contribution in [3.63, 3.8) is 0 Å². The molecule has 1 aliphatic carbocycles. The monoisotopic (exact) mass is 305 g/mol. The second-order valence-electron chi connectivity index (χ2n) is 5.68. The van der Waals surface area contributed by atoms with Crippen molar-refractivity contribution in [3.05, 3.63) is 57.2 Å². The van der Waals surface area contributed by atoms with Crippen LogP contribution in [0.5, 0.6) is 0 Å². The van der Waals surface area contributed by atoms with Crippen LogP contribution in [0.15, 0.2) is 41.1 Å². The minimum atomic E-state index is 0.616. The smallest absolute Gasteiger partial charge is 0.0438 e. The van der Waals surface area contributed by atoms with Crippen LogP contribution in [0.2, 0.25) is 5.02 Å². The molecular weight excluding hydrogens is 286 g/mol. The van der Waals surface area contributed by atoms with E-state index in [4.69, 9.17) is 11.6 Å². The Labute approximate surface area is 130 Å². The van der Waals surface area contributed by atoms with E-state index in [9.17, 15) is 0 Å². The number of nitrogens with one attached hydrogen (secondary N) is 1. The average Bonchev–Trinajstić information content (AvgIpc) is 3.15. The first kappa shape index (κ1) is 14.1.